The first-order valence-electron chi connectivity index (χ1n) is 5.34. The fraction of sp³-hybridized carbons (Fsp3) is 0.636. The molecule has 0 aliphatic rings. The Kier molecular flexibility index (Phi) is 4.49. The van der Waals surface area contributed by atoms with Crippen molar-refractivity contribution in [1.29, 1.82) is 0 Å². The van der Waals surface area contributed by atoms with Crippen LogP contribution in [-0.4, -0.2) is 35.9 Å². The van der Waals surface area contributed by atoms with Crippen LogP contribution in [0.4, 0.5) is 0 Å². The Morgan fingerprint density at radius 3 is 2.88 bits per heavy atom. The number of amides is 1. The molecule has 1 N–H and O–H groups in total. The van der Waals surface area contributed by atoms with E-state index in [1.54, 1.807) is 13.3 Å². The molecule has 1 aromatic rings. The number of aromatic nitrogens is 1. The summed E-state index contributed by atoms with van der Waals surface area (Å²) in [6.45, 7) is 4.52. The van der Waals surface area contributed by atoms with E-state index in [0.29, 0.717) is 18.9 Å². The van der Waals surface area contributed by atoms with E-state index in [4.69, 9.17) is 4.42 Å². The van der Waals surface area contributed by atoms with E-state index in [-0.39, 0.29) is 11.9 Å². The number of hydrogen-bond acceptors (Lipinski definition) is 4. The molecule has 90 valence electrons. The van der Waals surface area contributed by atoms with Crippen LogP contribution in [0.5, 0.6) is 0 Å². The molecular formula is C11H19N3O2. The smallest absolute Gasteiger partial charge is 0.221 e. The standard InChI is InChI=1S/C11H19N3O2/c1-8(5-11(15)12-3)14(4)6-10-7-16-9(2)13-10/h7-8H,5-6H2,1-4H3,(H,12,15). The highest BCUT2D eigenvalue weighted by molar-refractivity contribution is 5.76. The first kappa shape index (κ1) is 12.7. The Morgan fingerprint density at radius 2 is 2.38 bits per heavy atom. The van der Waals surface area contributed by atoms with Crippen molar-refractivity contribution in [3.8, 4) is 0 Å². The maximum atomic E-state index is 11.2. The van der Waals surface area contributed by atoms with Crippen molar-refractivity contribution in [3.05, 3.63) is 17.8 Å². The lowest BCUT2D eigenvalue weighted by molar-refractivity contribution is -0.121. The minimum atomic E-state index is 0.0516. The van der Waals surface area contributed by atoms with Crippen LogP contribution < -0.4 is 5.32 Å². The second-order valence-electron chi connectivity index (χ2n) is 4.00. The van der Waals surface area contributed by atoms with Crippen molar-refractivity contribution in [2.45, 2.75) is 32.9 Å². The lowest BCUT2D eigenvalue weighted by Crippen LogP contribution is -2.33. The van der Waals surface area contributed by atoms with Gasteiger partial charge in [0.2, 0.25) is 5.91 Å². The quantitative estimate of drug-likeness (QED) is 0.810. The van der Waals surface area contributed by atoms with Gasteiger partial charge in [0.1, 0.15) is 6.26 Å². The summed E-state index contributed by atoms with van der Waals surface area (Å²) in [5.74, 6) is 0.720. The molecule has 0 aromatic carbocycles. The Labute approximate surface area is 95.8 Å². The zero-order valence-corrected chi connectivity index (χ0v) is 10.3. The van der Waals surface area contributed by atoms with Gasteiger partial charge in [0.05, 0.1) is 5.69 Å². The molecule has 5 heteroatoms. The number of nitrogens with one attached hydrogen (secondary N) is 1. The van der Waals surface area contributed by atoms with Gasteiger partial charge in [-0.1, -0.05) is 0 Å². The summed E-state index contributed by atoms with van der Waals surface area (Å²) in [6.07, 6.45) is 2.14. The maximum absolute atomic E-state index is 11.2. The molecule has 0 radical (unpaired) electrons. The number of nitrogens with zero attached hydrogens (tertiary/aromatic N) is 2. The molecule has 1 aromatic heterocycles. The number of hydrogen-bond donors (Lipinski definition) is 1. The predicted molar refractivity (Wildman–Crippen MR) is 60.9 cm³/mol. The molecule has 16 heavy (non-hydrogen) atoms. The minimum Gasteiger partial charge on any atom is -0.449 e. The van der Waals surface area contributed by atoms with Gasteiger partial charge in [0, 0.05) is 33.0 Å². The van der Waals surface area contributed by atoms with E-state index in [0.717, 1.165) is 5.69 Å². The van der Waals surface area contributed by atoms with Gasteiger partial charge in [0.15, 0.2) is 5.89 Å². The molecular weight excluding hydrogens is 206 g/mol. The summed E-state index contributed by atoms with van der Waals surface area (Å²) < 4.78 is 5.13. The van der Waals surface area contributed by atoms with Gasteiger partial charge >= 0.3 is 0 Å². The molecule has 1 rings (SSSR count). The van der Waals surface area contributed by atoms with Crippen LogP contribution in [0.25, 0.3) is 0 Å². The van der Waals surface area contributed by atoms with Crippen molar-refractivity contribution < 1.29 is 9.21 Å². The molecule has 0 spiro atoms. The fourth-order valence-corrected chi connectivity index (χ4v) is 1.42. The summed E-state index contributed by atoms with van der Waals surface area (Å²) in [5.41, 5.74) is 0.892. The largest absolute Gasteiger partial charge is 0.449 e. The first-order chi connectivity index (χ1) is 7.52. The Morgan fingerprint density at radius 1 is 1.69 bits per heavy atom. The Hall–Kier alpha value is -1.36. The normalized spacial score (nSPS) is 12.8. The third kappa shape index (κ3) is 3.66. The Bertz CT molecular complexity index is 349. The van der Waals surface area contributed by atoms with Crippen molar-refractivity contribution in [3.63, 3.8) is 0 Å². The highest BCUT2D eigenvalue weighted by Gasteiger charge is 2.14. The monoisotopic (exact) mass is 225 g/mol. The van der Waals surface area contributed by atoms with E-state index < -0.39 is 0 Å². The van der Waals surface area contributed by atoms with Crippen molar-refractivity contribution in [2.75, 3.05) is 14.1 Å². The summed E-state index contributed by atoms with van der Waals surface area (Å²) in [5, 5.41) is 2.62. The van der Waals surface area contributed by atoms with Crippen molar-refractivity contribution in [2.24, 2.45) is 0 Å². The van der Waals surface area contributed by atoms with Crippen LogP contribution in [0.3, 0.4) is 0 Å². The number of carbonyl (C=O) groups is 1. The van der Waals surface area contributed by atoms with Crippen LogP contribution in [0, 0.1) is 6.92 Å². The van der Waals surface area contributed by atoms with Gasteiger partial charge in [-0.3, -0.25) is 9.69 Å². The number of oxazole rings is 1. The molecule has 1 amide bonds. The second-order valence-corrected chi connectivity index (χ2v) is 4.00. The highest BCUT2D eigenvalue weighted by atomic mass is 16.3. The summed E-state index contributed by atoms with van der Waals surface area (Å²) in [6, 6.07) is 0.178. The lowest BCUT2D eigenvalue weighted by atomic mass is 10.2. The summed E-state index contributed by atoms with van der Waals surface area (Å²) >= 11 is 0. The SMILES string of the molecule is CNC(=O)CC(C)N(C)Cc1coc(C)n1. The van der Waals surface area contributed by atoms with Crippen molar-refractivity contribution >= 4 is 5.91 Å². The van der Waals surface area contributed by atoms with E-state index in [9.17, 15) is 4.79 Å². The topological polar surface area (TPSA) is 58.4 Å². The molecule has 0 saturated heterocycles. The van der Waals surface area contributed by atoms with Gasteiger partial charge < -0.3 is 9.73 Å². The van der Waals surface area contributed by atoms with E-state index >= 15 is 0 Å². The number of aryl methyl sites for hydroxylation is 1. The zero-order chi connectivity index (χ0) is 12.1. The molecule has 0 aliphatic heterocycles. The molecule has 1 atom stereocenters. The van der Waals surface area contributed by atoms with Gasteiger partial charge in [-0.05, 0) is 14.0 Å². The van der Waals surface area contributed by atoms with Crippen molar-refractivity contribution in [1.82, 2.24) is 15.2 Å². The fourth-order valence-electron chi connectivity index (χ4n) is 1.42. The Balaban J connectivity index is 2.45. The van der Waals surface area contributed by atoms with E-state index in [1.165, 1.54) is 0 Å². The van der Waals surface area contributed by atoms with Gasteiger partial charge in [-0.15, -0.1) is 0 Å². The third-order valence-electron chi connectivity index (χ3n) is 2.59. The van der Waals surface area contributed by atoms with Crippen LogP contribution in [0.15, 0.2) is 10.7 Å². The van der Waals surface area contributed by atoms with Crippen LogP contribution in [0.2, 0.25) is 0 Å². The second kappa shape index (κ2) is 5.65. The molecule has 0 bridgehead atoms. The number of rotatable bonds is 5. The summed E-state index contributed by atoms with van der Waals surface area (Å²) in [7, 11) is 3.62. The van der Waals surface area contributed by atoms with Gasteiger partial charge in [0.25, 0.3) is 0 Å². The number of carbonyl (C=O) groups excluding carboxylic acids is 1. The summed E-state index contributed by atoms with van der Waals surface area (Å²) in [4.78, 5) is 17.5. The average Bonchev–Trinajstić information content (AvgIpc) is 2.63. The minimum absolute atomic E-state index is 0.0516. The molecule has 0 saturated carbocycles. The van der Waals surface area contributed by atoms with E-state index in [1.807, 2.05) is 20.9 Å². The maximum Gasteiger partial charge on any atom is 0.221 e. The molecule has 0 fully saturated rings. The highest BCUT2D eigenvalue weighted by Crippen LogP contribution is 2.08. The lowest BCUT2D eigenvalue weighted by Gasteiger charge is -2.22. The van der Waals surface area contributed by atoms with Crippen LogP contribution >= 0.6 is 0 Å². The first-order valence-corrected chi connectivity index (χ1v) is 5.34. The van der Waals surface area contributed by atoms with Crippen LogP contribution in [0.1, 0.15) is 24.9 Å². The predicted octanol–water partition coefficient (Wildman–Crippen LogP) is 0.939. The molecule has 0 aliphatic carbocycles. The average molecular weight is 225 g/mol. The van der Waals surface area contributed by atoms with Gasteiger partial charge in [-0.2, -0.15) is 0 Å². The molecule has 5 nitrogen and oxygen atoms in total. The zero-order valence-electron chi connectivity index (χ0n) is 10.3. The third-order valence-corrected chi connectivity index (χ3v) is 2.59. The molecule has 1 heterocycles. The molecule has 1 unspecified atom stereocenters. The van der Waals surface area contributed by atoms with Gasteiger partial charge in [-0.25, -0.2) is 4.98 Å². The van der Waals surface area contributed by atoms with E-state index in [2.05, 4.69) is 15.2 Å². The van der Waals surface area contributed by atoms with Crippen LogP contribution in [-0.2, 0) is 11.3 Å².